The van der Waals surface area contributed by atoms with Gasteiger partial charge in [0.1, 0.15) is 5.76 Å². The van der Waals surface area contributed by atoms with Gasteiger partial charge in [0.15, 0.2) is 12.0 Å². The van der Waals surface area contributed by atoms with Crippen molar-refractivity contribution in [2.75, 3.05) is 0 Å². The number of carbonyl (C=O) groups is 1. The molecule has 0 atom stereocenters. The lowest BCUT2D eigenvalue weighted by molar-refractivity contribution is 0.110. The second-order valence-electron chi connectivity index (χ2n) is 3.02. The van der Waals surface area contributed by atoms with Gasteiger partial charge in [-0.2, -0.15) is 0 Å². The molecule has 0 saturated carbocycles. The van der Waals surface area contributed by atoms with Crippen LogP contribution in [0.1, 0.15) is 16.1 Å². The maximum Gasteiger partial charge on any atom is 0.186 e. The first-order chi connectivity index (χ1) is 7.35. The number of rotatable bonds is 2. The Morgan fingerprint density at radius 1 is 1.27 bits per heavy atom. The van der Waals surface area contributed by atoms with Crippen molar-refractivity contribution in [1.29, 1.82) is 0 Å². The molecular weight excluding hydrogens is 188 g/mol. The van der Waals surface area contributed by atoms with Crippen LogP contribution in [-0.2, 0) is 0 Å². The average Bonchev–Trinajstić information content (AvgIpc) is 2.73. The van der Waals surface area contributed by atoms with Crippen LogP contribution in [-0.4, -0.2) is 6.29 Å². The summed E-state index contributed by atoms with van der Waals surface area (Å²) in [7, 11) is 0. The first kappa shape index (κ1) is 9.29. The van der Waals surface area contributed by atoms with Gasteiger partial charge in [-0.05, 0) is 0 Å². The van der Waals surface area contributed by atoms with Crippen molar-refractivity contribution in [3.05, 3.63) is 47.7 Å². The summed E-state index contributed by atoms with van der Waals surface area (Å²) < 4.78 is 5.33. The number of hydrogen-bond donors (Lipinski definition) is 0. The summed E-state index contributed by atoms with van der Waals surface area (Å²) in [6.07, 6.45) is 5.88. The van der Waals surface area contributed by atoms with Gasteiger partial charge in [-0.25, -0.2) is 0 Å². The molecule has 15 heavy (non-hydrogen) atoms. The van der Waals surface area contributed by atoms with E-state index >= 15 is 0 Å². The summed E-state index contributed by atoms with van der Waals surface area (Å²) in [5.74, 6) is 3.23. The molecule has 2 aromatic rings. The number of aldehydes is 1. The Balaban J connectivity index is 2.52. The third-order valence-corrected chi connectivity index (χ3v) is 2.08. The summed E-state index contributed by atoms with van der Waals surface area (Å²) in [5, 5.41) is 0. The summed E-state index contributed by atoms with van der Waals surface area (Å²) in [4.78, 5) is 10.6. The van der Waals surface area contributed by atoms with E-state index in [4.69, 9.17) is 10.8 Å². The highest BCUT2D eigenvalue weighted by molar-refractivity contribution is 5.78. The fourth-order valence-electron chi connectivity index (χ4n) is 1.35. The molecule has 2 heteroatoms. The number of hydrogen-bond acceptors (Lipinski definition) is 2. The summed E-state index contributed by atoms with van der Waals surface area (Å²) in [6.45, 7) is 0. The SMILES string of the molecule is C#Cc1cc(-c2ccccc2)oc1C=O. The highest BCUT2D eigenvalue weighted by Crippen LogP contribution is 2.24. The van der Waals surface area contributed by atoms with E-state index < -0.39 is 0 Å². The maximum absolute atomic E-state index is 10.6. The first-order valence-electron chi connectivity index (χ1n) is 4.46. The van der Waals surface area contributed by atoms with Crippen LogP contribution >= 0.6 is 0 Å². The van der Waals surface area contributed by atoms with Gasteiger partial charge in [-0.1, -0.05) is 36.3 Å². The van der Waals surface area contributed by atoms with Crippen LogP contribution in [0.4, 0.5) is 0 Å². The van der Waals surface area contributed by atoms with E-state index in [1.807, 2.05) is 30.3 Å². The topological polar surface area (TPSA) is 30.2 Å². The molecule has 0 bridgehead atoms. The molecule has 2 rings (SSSR count). The van der Waals surface area contributed by atoms with E-state index in [0.29, 0.717) is 17.6 Å². The van der Waals surface area contributed by atoms with Gasteiger partial charge in [0, 0.05) is 11.6 Å². The molecule has 0 radical (unpaired) electrons. The van der Waals surface area contributed by atoms with Gasteiger partial charge < -0.3 is 4.42 Å². The summed E-state index contributed by atoms with van der Waals surface area (Å²) in [6, 6.07) is 11.2. The smallest absolute Gasteiger partial charge is 0.186 e. The van der Waals surface area contributed by atoms with Gasteiger partial charge in [-0.15, -0.1) is 6.42 Å². The van der Waals surface area contributed by atoms with Gasteiger partial charge in [0.2, 0.25) is 0 Å². The van der Waals surface area contributed by atoms with E-state index in [2.05, 4.69) is 5.92 Å². The molecule has 72 valence electrons. The molecule has 0 aliphatic carbocycles. The molecule has 0 saturated heterocycles. The molecular formula is C13H8O2. The van der Waals surface area contributed by atoms with Gasteiger partial charge in [-0.3, -0.25) is 4.79 Å². The Morgan fingerprint density at radius 2 is 2.00 bits per heavy atom. The lowest BCUT2D eigenvalue weighted by Crippen LogP contribution is -1.76. The van der Waals surface area contributed by atoms with E-state index in [1.165, 1.54) is 0 Å². The van der Waals surface area contributed by atoms with Crippen molar-refractivity contribution < 1.29 is 9.21 Å². The summed E-state index contributed by atoms with van der Waals surface area (Å²) >= 11 is 0. The normalized spacial score (nSPS) is 9.53. The fraction of sp³-hybridized carbons (Fsp3) is 0. The lowest BCUT2D eigenvalue weighted by atomic mass is 10.1. The minimum absolute atomic E-state index is 0.205. The molecule has 0 N–H and O–H groups in total. The standard InChI is InChI=1S/C13H8O2/c1-2-10-8-12(15-13(10)9-14)11-6-4-3-5-7-11/h1,3-9H. The van der Waals surface area contributed by atoms with E-state index in [9.17, 15) is 4.79 Å². The highest BCUT2D eigenvalue weighted by atomic mass is 16.3. The number of furan rings is 1. The van der Waals surface area contributed by atoms with Crippen molar-refractivity contribution in [2.45, 2.75) is 0 Å². The first-order valence-corrected chi connectivity index (χ1v) is 4.46. The van der Waals surface area contributed by atoms with Crippen molar-refractivity contribution in [3.63, 3.8) is 0 Å². The Bertz CT molecular complexity index is 515. The van der Waals surface area contributed by atoms with Crippen molar-refractivity contribution in [2.24, 2.45) is 0 Å². The fourth-order valence-corrected chi connectivity index (χ4v) is 1.35. The Morgan fingerprint density at radius 3 is 2.53 bits per heavy atom. The molecule has 1 aromatic heterocycles. The Kier molecular flexibility index (Phi) is 2.38. The number of benzene rings is 1. The van der Waals surface area contributed by atoms with Gasteiger partial charge in [0.25, 0.3) is 0 Å². The van der Waals surface area contributed by atoms with Crippen LogP contribution < -0.4 is 0 Å². The minimum atomic E-state index is 0.205. The largest absolute Gasteiger partial charge is 0.452 e. The van der Waals surface area contributed by atoms with E-state index in [-0.39, 0.29) is 5.76 Å². The van der Waals surface area contributed by atoms with Crippen molar-refractivity contribution in [3.8, 4) is 23.7 Å². The quantitative estimate of drug-likeness (QED) is 0.546. The number of carbonyl (C=O) groups excluding carboxylic acids is 1. The zero-order chi connectivity index (χ0) is 10.7. The number of terminal acetylenes is 1. The molecule has 0 aliphatic heterocycles. The molecule has 2 nitrogen and oxygen atoms in total. The Labute approximate surface area is 87.5 Å². The molecule has 0 aliphatic rings. The van der Waals surface area contributed by atoms with Crippen LogP contribution in [0.3, 0.4) is 0 Å². The van der Waals surface area contributed by atoms with Crippen LogP contribution in [0.15, 0.2) is 40.8 Å². The second-order valence-corrected chi connectivity index (χ2v) is 3.02. The average molecular weight is 196 g/mol. The third kappa shape index (κ3) is 1.68. The van der Waals surface area contributed by atoms with E-state index in [0.717, 1.165) is 5.56 Å². The molecule has 1 aromatic carbocycles. The lowest BCUT2D eigenvalue weighted by Gasteiger charge is -1.93. The van der Waals surface area contributed by atoms with Crippen LogP contribution in [0.2, 0.25) is 0 Å². The molecule has 0 fully saturated rings. The minimum Gasteiger partial charge on any atom is -0.452 e. The highest BCUT2D eigenvalue weighted by Gasteiger charge is 2.09. The predicted molar refractivity (Wildman–Crippen MR) is 57.5 cm³/mol. The van der Waals surface area contributed by atoms with Crippen molar-refractivity contribution in [1.82, 2.24) is 0 Å². The monoisotopic (exact) mass is 196 g/mol. The second kappa shape index (κ2) is 3.85. The van der Waals surface area contributed by atoms with Crippen LogP contribution in [0, 0.1) is 12.3 Å². The molecule has 0 amide bonds. The van der Waals surface area contributed by atoms with Crippen molar-refractivity contribution >= 4 is 6.29 Å². The van der Waals surface area contributed by atoms with Gasteiger partial charge in [0.05, 0.1) is 5.56 Å². The third-order valence-electron chi connectivity index (χ3n) is 2.08. The van der Waals surface area contributed by atoms with E-state index in [1.54, 1.807) is 6.07 Å². The molecule has 0 spiro atoms. The molecule has 0 unspecified atom stereocenters. The molecule has 1 heterocycles. The Hall–Kier alpha value is -2.27. The predicted octanol–water partition coefficient (Wildman–Crippen LogP) is 2.74. The zero-order valence-electron chi connectivity index (χ0n) is 7.94. The summed E-state index contributed by atoms with van der Waals surface area (Å²) in [5.41, 5.74) is 1.39. The maximum atomic E-state index is 10.6. The zero-order valence-corrected chi connectivity index (χ0v) is 7.94. The van der Waals surface area contributed by atoms with Crippen LogP contribution in [0.25, 0.3) is 11.3 Å². The van der Waals surface area contributed by atoms with Gasteiger partial charge >= 0.3 is 0 Å². The van der Waals surface area contributed by atoms with Crippen LogP contribution in [0.5, 0.6) is 0 Å².